The van der Waals surface area contributed by atoms with Gasteiger partial charge >= 0.3 is 17.9 Å². The zero-order chi connectivity index (χ0) is 33.5. The molecule has 0 unspecified atom stereocenters. The maximum Gasteiger partial charge on any atom is 0.348 e. The van der Waals surface area contributed by atoms with Gasteiger partial charge < -0.3 is 35.8 Å². The number of methoxy groups -OCH3 is 2. The van der Waals surface area contributed by atoms with Crippen molar-refractivity contribution in [3.63, 3.8) is 0 Å². The number of carbonyl (C=O) groups excluding carboxylic acids is 3. The molecule has 0 aliphatic rings. The van der Waals surface area contributed by atoms with Crippen LogP contribution in [0.2, 0.25) is 0 Å². The zero-order valence-electron chi connectivity index (χ0n) is 25.3. The summed E-state index contributed by atoms with van der Waals surface area (Å²) in [6.45, 7) is 4.57. The molecule has 45 heavy (non-hydrogen) atoms. The van der Waals surface area contributed by atoms with Crippen LogP contribution in [0.1, 0.15) is 74.8 Å². The van der Waals surface area contributed by atoms with Crippen molar-refractivity contribution in [3.8, 4) is 11.5 Å². The minimum atomic E-state index is -1.01. The standard InChI is InChI=1S/C16H17NO4S.C9H10O4S.C7H9NO/c1-3-11-8-13(22-14(11)16(20)21-2)15(19)17-9-10-5-4-6-12(18)7-10;1-3-5-4-6(8(10)11)14-7(5)9(12)13-2;8-5-6-2-1-3-7(9)4-6/h4-8,18H,3,9H2,1-2H3,(H,17,19);4H,3H2,1-2H3,(H,10,11);1-4,9H,5,8H2. The van der Waals surface area contributed by atoms with Crippen LogP contribution in [0, 0.1) is 0 Å². The van der Waals surface area contributed by atoms with Crippen LogP contribution in [-0.4, -0.2) is 53.4 Å². The van der Waals surface area contributed by atoms with Gasteiger partial charge in [0.1, 0.15) is 26.1 Å². The number of nitrogens with two attached hydrogens (primary N) is 1. The first kappa shape index (κ1) is 36.5. The summed E-state index contributed by atoms with van der Waals surface area (Å²) in [7, 11) is 2.60. The van der Waals surface area contributed by atoms with Crippen LogP contribution in [0.4, 0.5) is 0 Å². The van der Waals surface area contributed by atoms with E-state index in [0.717, 1.165) is 44.9 Å². The highest BCUT2D eigenvalue weighted by molar-refractivity contribution is 7.16. The first-order valence-electron chi connectivity index (χ1n) is 13.7. The summed E-state index contributed by atoms with van der Waals surface area (Å²) in [5.74, 6) is -1.73. The fourth-order valence-corrected chi connectivity index (χ4v) is 5.85. The minimum absolute atomic E-state index is 0.157. The Hall–Kier alpha value is -4.72. The Labute approximate surface area is 268 Å². The molecule has 0 atom stereocenters. The molecule has 0 saturated carbocycles. The molecule has 0 aliphatic carbocycles. The monoisotopic (exact) mass is 656 g/mol. The van der Waals surface area contributed by atoms with E-state index in [9.17, 15) is 24.3 Å². The van der Waals surface area contributed by atoms with Crippen LogP contribution in [0.15, 0.2) is 60.7 Å². The molecule has 1 amide bonds. The predicted octanol–water partition coefficient (Wildman–Crippen LogP) is 5.38. The van der Waals surface area contributed by atoms with Crippen molar-refractivity contribution in [2.24, 2.45) is 5.73 Å². The van der Waals surface area contributed by atoms with Crippen LogP contribution in [0.5, 0.6) is 11.5 Å². The molecular formula is C32H36N2O9S2. The van der Waals surface area contributed by atoms with Gasteiger partial charge in [-0.25, -0.2) is 14.4 Å². The minimum Gasteiger partial charge on any atom is -0.508 e. The highest BCUT2D eigenvalue weighted by Gasteiger charge is 2.20. The van der Waals surface area contributed by atoms with Crippen LogP contribution >= 0.6 is 22.7 Å². The summed E-state index contributed by atoms with van der Waals surface area (Å²) < 4.78 is 9.28. The van der Waals surface area contributed by atoms with E-state index in [1.165, 1.54) is 20.3 Å². The number of hydrogen-bond donors (Lipinski definition) is 5. The number of phenolic OH excluding ortho intramolecular Hbond substituents is 2. The van der Waals surface area contributed by atoms with Crippen molar-refractivity contribution in [2.45, 2.75) is 39.8 Å². The molecule has 0 radical (unpaired) electrons. The first-order chi connectivity index (χ1) is 21.5. The average Bonchev–Trinajstić information content (AvgIpc) is 3.69. The normalized spacial score (nSPS) is 9.98. The van der Waals surface area contributed by atoms with E-state index in [-0.39, 0.29) is 22.3 Å². The van der Waals surface area contributed by atoms with E-state index in [1.54, 1.807) is 42.5 Å². The second kappa shape index (κ2) is 18.2. The maximum absolute atomic E-state index is 12.2. The van der Waals surface area contributed by atoms with Crippen molar-refractivity contribution in [1.29, 1.82) is 0 Å². The molecule has 4 rings (SSSR count). The molecule has 0 fully saturated rings. The number of rotatable bonds is 9. The largest absolute Gasteiger partial charge is 0.508 e. The maximum atomic E-state index is 12.2. The van der Waals surface area contributed by atoms with Crippen molar-refractivity contribution in [2.75, 3.05) is 14.2 Å². The number of carboxylic acids is 1. The molecule has 4 aromatic rings. The van der Waals surface area contributed by atoms with Gasteiger partial charge in [0.25, 0.3) is 5.91 Å². The van der Waals surface area contributed by atoms with Crippen molar-refractivity contribution >= 4 is 46.5 Å². The average molecular weight is 657 g/mol. The van der Waals surface area contributed by atoms with Gasteiger partial charge in [0, 0.05) is 13.1 Å². The number of carbonyl (C=O) groups is 4. The van der Waals surface area contributed by atoms with E-state index in [4.69, 9.17) is 20.7 Å². The van der Waals surface area contributed by atoms with Gasteiger partial charge in [0.15, 0.2) is 0 Å². The molecule has 2 aromatic carbocycles. The summed E-state index contributed by atoms with van der Waals surface area (Å²) >= 11 is 2.08. The summed E-state index contributed by atoms with van der Waals surface area (Å²) in [4.78, 5) is 47.2. The lowest BCUT2D eigenvalue weighted by Gasteiger charge is -2.04. The van der Waals surface area contributed by atoms with E-state index in [2.05, 4.69) is 10.1 Å². The molecule has 2 heterocycles. The number of amides is 1. The predicted molar refractivity (Wildman–Crippen MR) is 172 cm³/mol. The third-order valence-corrected chi connectivity index (χ3v) is 8.37. The van der Waals surface area contributed by atoms with Crippen molar-refractivity contribution in [1.82, 2.24) is 5.32 Å². The van der Waals surface area contributed by atoms with Gasteiger partial charge in [-0.1, -0.05) is 38.1 Å². The number of hydrogen-bond acceptors (Lipinski definition) is 11. The number of ether oxygens (including phenoxy) is 2. The number of aromatic hydroxyl groups is 2. The van der Waals surface area contributed by atoms with Gasteiger partial charge in [-0.05, 0) is 71.5 Å². The van der Waals surface area contributed by atoms with Gasteiger partial charge in [0.2, 0.25) is 0 Å². The number of esters is 2. The number of carboxylic acid groups (broad SMARTS) is 1. The summed E-state index contributed by atoms with van der Waals surface area (Å²) in [5.41, 5.74) is 8.59. The van der Waals surface area contributed by atoms with E-state index >= 15 is 0 Å². The number of thiophene rings is 2. The van der Waals surface area contributed by atoms with Crippen LogP contribution in [0.25, 0.3) is 0 Å². The van der Waals surface area contributed by atoms with Crippen LogP contribution < -0.4 is 11.1 Å². The summed E-state index contributed by atoms with van der Waals surface area (Å²) in [5, 5.41) is 29.8. The Morgan fingerprint density at radius 1 is 0.756 bits per heavy atom. The Balaban J connectivity index is 0.000000261. The second-order valence-corrected chi connectivity index (χ2v) is 11.3. The molecule has 240 valence electrons. The van der Waals surface area contributed by atoms with Gasteiger partial charge in [-0.2, -0.15) is 0 Å². The molecule has 0 saturated heterocycles. The fraction of sp³-hybridized carbons (Fsp3) is 0.250. The topological polar surface area (TPSA) is 185 Å². The summed E-state index contributed by atoms with van der Waals surface area (Å²) in [6.07, 6.45) is 1.27. The van der Waals surface area contributed by atoms with Gasteiger partial charge in [0.05, 0.1) is 19.1 Å². The highest BCUT2D eigenvalue weighted by Crippen LogP contribution is 2.25. The Morgan fingerprint density at radius 3 is 1.64 bits per heavy atom. The van der Waals surface area contributed by atoms with E-state index in [0.29, 0.717) is 40.6 Å². The molecular weight excluding hydrogens is 620 g/mol. The van der Waals surface area contributed by atoms with E-state index in [1.807, 2.05) is 26.0 Å². The lowest BCUT2D eigenvalue weighted by Crippen LogP contribution is -2.21. The van der Waals surface area contributed by atoms with Crippen LogP contribution in [0.3, 0.4) is 0 Å². The smallest absolute Gasteiger partial charge is 0.348 e. The Bertz CT molecular complexity index is 1610. The van der Waals surface area contributed by atoms with Crippen molar-refractivity contribution < 1.29 is 44.0 Å². The number of benzene rings is 2. The van der Waals surface area contributed by atoms with E-state index < -0.39 is 17.9 Å². The molecule has 2 aromatic heterocycles. The number of nitrogens with one attached hydrogen (secondary N) is 1. The quantitative estimate of drug-likeness (QED) is 0.147. The first-order valence-corrected chi connectivity index (χ1v) is 15.3. The Morgan fingerprint density at radius 2 is 1.22 bits per heavy atom. The zero-order valence-corrected chi connectivity index (χ0v) is 26.9. The third kappa shape index (κ3) is 11.1. The number of phenols is 2. The molecule has 0 bridgehead atoms. The number of aryl methyl sites for hydroxylation is 2. The molecule has 11 nitrogen and oxygen atoms in total. The SMILES string of the molecule is CCc1cc(C(=O)NCc2cccc(O)c2)sc1C(=O)OC.CCc1cc(C(=O)O)sc1C(=O)OC.NCc1cccc(O)c1. The lowest BCUT2D eigenvalue weighted by molar-refractivity contribution is 0.0596. The van der Waals surface area contributed by atoms with Crippen molar-refractivity contribution in [3.05, 3.63) is 102 Å². The summed E-state index contributed by atoms with van der Waals surface area (Å²) in [6, 6.07) is 16.8. The molecule has 0 aliphatic heterocycles. The third-order valence-electron chi connectivity index (χ3n) is 6.07. The molecule has 13 heteroatoms. The highest BCUT2D eigenvalue weighted by atomic mass is 32.1. The van der Waals surface area contributed by atoms with Crippen LogP contribution in [-0.2, 0) is 35.4 Å². The number of aromatic carboxylic acids is 1. The van der Waals surface area contributed by atoms with Gasteiger partial charge in [-0.15, -0.1) is 22.7 Å². The Kier molecular flexibility index (Phi) is 14.7. The lowest BCUT2D eigenvalue weighted by atomic mass is 10.2. The molecule has 6 N–H and O–H groups in total. The molecule has 0 spiro atoms. The van der Waals surface area contributed by atoms with Gasteiger partial charge in [-0.3, -0.25) is 4.79 Å². The fourth-order valence-electron chi connectivity index (χ4n) is 3.75. The second-order valence-electron chi connectivity index (χ2n) is 9.15.